The number of carbonyl (C=O) groups is 1. The molecule has 0 aliphatic rings. The fourth-order valence-corrected chi connectivity index (χ4v) is 1.32. The predicted molar refractivity (Wildman–Crippen MR) is 52.0 cm³/mol. The zero-order chi connectivity index (χ0) is 12.3. The molecule has 16 heavy (non-hydrogen) atoms. The number of hydrogen-bond donors (Lipinski definition) is 2. The van der Waals surface area contributed by atoms with E-state index < -0.39 is 23.9 Å². The van der Waals surface area contributed by atoms with Crippen molar-refractivity contribution in [1.29, 1.82) is 5.26 Å². The number of hydrogen-bond acceptors (Lipinski definition) is 4. The summed E-state index contributed by atoms with van der Waals surface area (Å²) in [5.74, 6) is -2.13. The van der Waals surface area contributed by atoms with Crippen molar-refractivity contribution in [2.75, 3.05) is 0 Å². The Labute approximate surface area is 94.5 Å². The van der Waals surface area contributed by atoms with E-state index in [0.29, 0.717) is 0 Å². The molecule has 7 heteroatoms. The normalized spacial score (nSPS) is 9.94. The van der Waals surface area contributed by atoms with Gasteiger partial charge in [-0.05, 0) is 12.1 Å². The third-order valence-corrected chi connectivity index (χ3v) is 2.03. The van der Waals surface area contributed by atoms with Gasteiger partial charge < -0.3 is 9.84 Å². The predicted octanol–water partition coefficient (Wildman–Crippen LogP) is 2.15. The van der Waals surface area contributed by atoms with Gasteiger partial charge in [0, 0.05) is 4.90 Å². The summed E-state index contributed by atoms with van der Waals surface area (Å²) in [6, 6.07) is 3.96. The molecule has 0 unspecified atom stereocenters. The van der Waals surface area contributed by atoms with Crippen LogP contribution in [0.4, 0.5) is 8.78 Å². The lowest BCUT2D eigenvalue weighted by Gasteiger charge is -2.11. The van der Waals surface area contributed by atoms with Gasteiger partial charge in [-0.1, -0.05) is 0 Å². The molecule has 0 aliphatic heterocycles. The number of aromatic carboxylic acids is 1. The minimum atomic E-state index is -3.18. The van der Waals surface area contributed by atoms with Crippen molar-refractivity contribution in [3.05, 3.63) is 23.3 Å². The monoisotopic (exact) mass is 245 g/mol. The zero-order valence-electron chi connectivity index (χ0n) is 7.65. The van der Waals surface area contributed by atoms with E-state index in [1.54, 1.807) is 6.07 Å². The summed E-state index contributed by atoms with van der Waals surface area (Å²) < 4.78 is 28.1. The maximum absolute atomic E-state index is 12.0. The second-order valence-electron chi connectivity index (χ2n) is 2.63. The van der Waals surface area contributed by atoms with Crippen LogP contribution < -0.4 is 4.74 Å². The molecular formula is C9H5F2NO3S. The van der Waals surface area contributed by atoms with Crippen LogP contribution in [0.3, 0.4) is 0 Å². The first-order valence-corrected chi connectivity index (χ1v) is 4.36. The van der Waals surface area contributed by atoms with Crippen LogP contribution in [0.2, 0.25) is 0 Å². The Kier molecular flexibility index (Phi) is 3.68. The van der Waals surface area contributed by atoms with Crippen molar-refractivity contribution in [2.24, 2.45) is 0 Å². The van der Waals surface area contributed by atoms with Crippen molar-refractivity contribution in [3.8, 4) is 11.8 Å². The van der Waals surface area contributed by atoms with Crippen LogP contribution in [0.15, 0.2) is 17.0 Å². The van der Waals surface area contributed by atoms with E-state index >= 15 is 0 Å². The number of rotatable bonds is 3. The average molecular weight is 245 g/mol. The lowest BCUT2D eigenvalue weighted by atomic mass is 10.1. The van der Waals surface area contributed by atoms with Gasteiger partial charge in [0.2, 0.25) is 0 Å². The van der Waals surface area contributed by atoms with Gasteiger partial charge in [-0.2, -0.15) is 14.0 Å². The lowest BCUT2D eigenvalue weighted by Crippen LogP contribution is -2.10. The number of carboxylic acid groups (broad SMARTS) is 1. The smallest absolute Gasteiger partial charge is 0.387 e. The number of nitriles is 1. The molecule has 0 amide bonds. The Morgan fingerprint density at radius 3 is 2.62 bits per heavy atom. The van der Waals surface area contributed by atoms with Gasteiger partial charge in [-0.25, -0.2) is 4.79 Å². The number of nitrogens with zero attached hydrogens (tertiary/aromatic N) is 1. The van der Waals surface area contributed by atoms with Crippen LogP contribution in [0.25, 0.3) is 0 Å². The van der Waals surface area contributed by atoms with Crippen molar-refractivity contribution in [2.45, 2.75) is 11.5 Å². The molecule has 0 heterocycles. The maximum atomic E-state index is 12.0. The van der Waals surface area contributed by atoms with Crippen molar-refractivity contribution >= 4 is 18.6 Å². The molecule has 0 bridgehead atoms. The number of benzene rings is 1. The highest BCUT2D eigenvalue weighted by Crippen LogP contribution is 2.31. The molecule has 0 radical (unpaired) electrons. The number of carboxylic acids is 1. The fraction of sp³-hybridized carbons (Fsp3) is 0.111. The van der Waals surface area contributed by atoms with Crippen LogP contribution in [0.1, 0.15) is 15.9 Å². The molecule has 84 valence electrons. The largest absolute Gasteiger partial charge is 0.478 e. The number of ether oxygens (including phenoxy) is 1. The number of thiol groups is 1. The van der Waals surface area contributed by atoms with Gasteiger partial charge in [0.15, 0.2) is 5.75 Å². The molecule has 4 nitrogen and oxygen atoms in total. The van der Waals surface area contributed by atoms with Crippen LogP contribution in [-0.4, -0.2) is 17.7 Å². The minimum Gasteiger partial charge on any atom is -0.478 e. The Balaban J connectivity index is 3.43. The zero-order valence-corrected chi connectivity index (χ0v) is 8.54. The molecule has 1 aromatic carbocycles. The molecule has 0 fully saturated rings. The van der Waals surface area contributed by atoms with Crippen molar-refractivity contribution in [1.82, 2.24) is 0 Å². The van der Waals surface area contributed by atoms with Crippen LogP contribution >= 0.6 is 12.6 Å². The molecule has 0 saturated heterocycles. The second kappa shape index (κ2) is 4.81. The van der Waals surface area contributed by atoms with E-state index in [4.69, 9.17) is 10.4 Å². The molecule has 0 aliphatic carbocycles. The van der Waals surface area contributed by atoms with Crippen molar-refractivity contribution < 1.29 is 23.4 Å². The summed E-state index contributed by atoms with van der Waals surface area (Å²) >= 11 is 3.79. The molecule has 0 aromatic heterocycles. The molecule has 0 spiro atoms. The van der Waals surface area contributed by atoms with E-state index in [2.05, 4.69) is 17.4 Å². The lowest BCUT2D eigenvalue weighted by molar-refractivity contribution is -0.0521. The number of halogens is 2. The Morgan fingerprint density at radius 1 is 1.56 bits per heavy atom. The van der Waals surface area contributed by atoms with Gasteiger partial charge in [-0.3, -0.25) is 0 Å². The fourth-order valence-electron chi connectivity index (χ4n) is 1.09. The van der Waals surface area contributed by atoms with Gasteiger partial charge in [0.05, 0.1) is 5.56 Å². The summed E-state index contributed by atoms with van der Waals surface area (Å²) in [5.41, 5.74) is -0.878. The highest BCUT2D eigenvalue weighted by molar-refractivity contribution is 7.80. The van der Waals surface area contributed by atoms with E-state index in [-0.39, 0.29) is 10.5 Å². The Bertz CT molecular complexity index is 471. The van der Waals surface area contributed by atoms with Gasteiger partial charge in [0.25, 0.3) is 0 Å². The summed E-state index contributed by atoms with van der Waals surface area (Å²) in [6.07, 6.45) is 0. The van der Waals surface area contributed by atoms with Crippen molar-refractivity contribution in [3.63, 3.8) is 0 Å². The van der Waals surface area contributed by atoms with Gasteiger partial charge in [0.1, 0.15) is 11.6 Å². The van der Waals surface area contributed by atoms with Crippen LogP contribution in [0.5, 0.6) is 5.75 Å². The van der Waals surface area contributed by atoms with Crippen LogP contribution in [-0.2, 0) is 0 Å². The Morgan fingerprint density at radius 2 is 2.19 bits per heavy atom. The molecule has 0 saturated carbocycles. The second-order valence-corrected chi connectivity index (χ2v) is 3.11. The summed E-state index contributed by atoms with van der Waals surface area (Å²) in [5, 5.41) is 17.4. The molecule has 1 N–H and O–H groups in total. The first-order valence-electron chi connectivity index (χ1n) is 3.91. The highest BCUT2D eigenvalue weighted by atomic mass is 32.1. The van der Waals surface area contributed by atoms with E-state index in [1.807, 2.05) is 0 Å². The molecule has 1 rings (SSSR count). The maximum Gasteiger partial charge on any atom is 0.387 e. The average Bonchev–Trinajstić information content (AvgIpc) is 2.19. The first kappa shape index (κ1) is 12.3. The van der Waals surface area contributed by atoms with Gasteiger partial charge >= 0.3 is 12.6 Å². The summed E-state index contributed by atoms with van der Waals surface area (Å²) in [6.45, 7) is -3.18. The topological polar surface area (TPSA) is 70.3 Å². The Hall–Kier alpha value is -1.81. The van der Waals surface area contributed by atoms with E-state index in [1.165, 1.54) is 12.1 Å². The SMILES string of the molecule is N#Cc1ccc(S)c(OC(F)F)c1C(=O)O. The standard InChI is InChI=1S/C9H5F2NO3S/c10-9(11)15-7-5(16)2-1-4(3-12)6(7)8(13)14/h1-2,9,16H,(H,13,14). The third kappa shape index (κ3) is 2.41. The van der Waals surface area contributed by atoms with E-state index in [9.17, 15) is 13.6 Å². The minimum absolute atomic E-state index is 0.0725. The highest BCUT2D eigenvalue weighted by Gasteiger charge is 2.21. The quantitative estimate of drug-likeness (QED) is 0.800. The molecule has 1 aromatic rings. The molecular weight excluding hydrogens is 240 g/mol. The van der Waals surface area contributed by atoms with Gasteiger partial charge in [-0.15, -0.1) is 12.6 Å². The summed E-state index contributed by atoms with van der Waals surface area (Å²) in [4.78, 5) is 10.8. The summed E-state index contributed by atoms with van der Waals surface area (Å²) in [7, 11) is 0. The van der Waals surface area contributed by atoms with E-state index in [0.717, 1.165) is 0 Å². The molecule has 0 atom stereocenters. The number of alkyl halides is 2. The first-order chi connectivity index (χ1) is 7.47. The van der Waals surface area contributed by atoms with Crippen LogP contribution in [0, 0.1) is 11.3 Å². The third-order valence-electron chi connectivity index (χ3n) is 1.68.